The van der Waals surface area contributed by atoms with Gasteiger partial charge in [-0.25, -0.2) is 8.78 Å². The average molecular weight is 267 g/mol. The summed E-state index contributed by atoms with van der Waals surface area (Å²) in [5.74, 6) is -2.25. The molecule has 1 rings (SSSR count). The third-order valence-electron chi connectivity index (χ3n) is 2.19. The maximum atomic E-state index is 13.1. The summed E-state index contributed by atoms with van der Waals surface area (Å²) in [7, 11) is 0. The highest BCUT2D eigenvalue weighted by molar-refractivity contribution is 6.31. The van der Waals surface area contributed by atoms with Crippen LogP contribution in [0.4, 0.5) is 8.78 Å². The van der Waals surface area contributed by atoms with Crippen molar-refractivity contribution in [1.82, 2.24) is 0 Å². The molecule has 0 fully saturated rings. The fraction of sp³-hybridized carbons (Fsp3) is 0.364. The summed E-state index contributed by atoms with van der Waals surface area (Å²) < 4.78 is 26.3. The molecule has 0 heterocycles. The number of alkyl halides is 1. The van der Waals surface area contributed by atoms with E-state index in [1.807, 2.05) is 0 Å². The fourth-order valence-electron chi connectivity index (χ4n) is 1.14. The number of hydrogen-bond acceptors (Lipinski definition) is 1. The molecule has 16 heavy (non-hydrogen) atoms. The van der Waals surface area contributed by atoms with Gasteiger partial charge >= 0.3 is 0 Å². The van der Waals surface area contributed by atoms with Crippen LogP contribution in [0.3, 0.4) is 0 Å². The number of carbonyl (C=O) groups is 1. The largest absolute Gasteiger partial charge is 0.294 e. The Balaban J connectivity index is 3.21. The van der Waals surface area contributed by atoms with E-state index in [2.05, 4.69) is 0 Å². The molecule has 0 aliphatic heterocycles. The molecule has 0 bridgehead atoms. The Morgan fingerprint density at radius 2 is 1.75 bits per heavy atom. The lowest BCUT2D eigenvalue weighted by Gasteiger charge is -2.19. The molecular formula is C11H10Cl2F2O. The summed E-state index contributed by atoms with van der Waals surface area (Å²) in [6.07, 6.45) is 0. The van der Waals surface area contributed by atoms with E-state index >= 15 is 0 Å². The molecule has 0 aliphatic carbocycles. The SMILES string of the molecule is CC(C)(CCl)C(=O)c1cc(F)c(Cl)c(F)c1. The van der Waals surface area contributed by atoms with Gasteiger partial charge in [0, 0.05) is 16.9 Å². The first-order valence-corrected chi connectivity index (χ1v) is 5.46. The van der Waals surface area contributed by atoms with Crippen molar-refractivity contribution in [3.05, 3.63) is 34.4 Å². The van der Waals surface area contributed by atoms with E-state index in [9.17, 15) is 13.6 Å². The molecule has 0 amide bonds. The summed E-state index contributed by atoms with van der Waals surface area (Å²) >= 11 is 10.9. The minimum absolute atomic E-state index is 0.0648. The Morgan fingerprint density at radius 3 is 2.12 bits per heavy atom. The lowest BCUT2D eigenvalue weighted by Crippen LogP contribution is -2.26. The molecule has 0 aliphatic rings. The van der Waals surface area contributed by atoms with Crippen LogP contribution in [0.25, 0.3) is 0 Å². The Morgan fingerprint density at radius 1 is 1.31 bits per heavy atom. The molecule has 5 heteroatoms. The van der Waals surface area contributed by atoms with Crippen molar-refractivity contribution in [1.29, 1.82) is 0 Å². The van der Waals surface area contributed by atoms with Crippen molar-refractivity contribution in [2.24, 2.45) is 5.41 Å². The van der Waals surface area contributed by atoms with Crippen molar-refractivity contribution in [3.63, 3.8) is 0 Å². The maximum Gasteiger partial charge on any atom is 0.169 e. The van der Waals surface area contributed by atoms with Gasteiger partial charge in [0.05, 0.1) is 0 Å². The second-order valence-electron chi connectivity index (χ2n) is 4.10. The van der Waals surface area contributed by atoms with Crippen LogP contribution in [-0.2, 0) is 0 Å². The second-order valence-corrected chi connectivity index (χ2v) is 4.75. The number of halogens is 4. The molecule has 0 N–H and O–H groups in total. The van der Waals surface area contributed by atoms with E-state index in [1.54, 1.807) is 13.8 Å². The minimum Gasteiger partial charge on any atom is -0.294 e. The van der Waals surface area contributed by atoms with Gasteiger partial charge in [-0.1, -0.05) is 25.4 Å². The highest BCUT2D eigenvalue weighted by Crippen LogP contribution is 2.27. The predicted octanol–water partition coefficient (Wildman–Crippen LogP) is 4.07. The van der Waals surface area contributed by atoms with Crippen molar-refractivity contribution in [3.8, 4) is 0 Å². The molecule has 0 saturated carbocycles. The number of rotatable bonds is 3. The van der Waals surface area contributed by atoms with Gasteiger partial charge in [-0.3, -0.25) is 4.79 Å². The first-order chi connectivity index (χ1) is 7.29. The Labute approximate surface area is 102 Å². The zero-order valence-electron chi connectivity index (χ0n) is 8.78. The smallest absolute Gasteiger partial charge is 0.169 e. The van der Waals surface area contributed by atoms with Crippen LogP contribution < -0.4 is 0 Å². The van der Waals surface area contributed by atoms with Gasteiger partial charge in [0.15, 0.2) is 5.78 Å². The monoisotopic (exact) mass is 266 g/mol. The third-order valence-corrected chi connectivity index (χ3v) is 3.22. The van der Waals surface area contributed by atoms with Crippen LogP contribution in [0, 0.1) is 17.0 Å². The Kier molecular flexibility index (Phi) is 3.92. The fourth-order valence-corrected chi connectivity index (χ4v) is 1.37. The molecule has 0 spiro atoms. The highest BCUT2D eigenvalue weighted by atomic mass is 35.5. The van der Waals surface area contributed by atoms with Crippen LogP contribution in [0.2, 0.25) is 5.02 Å². The van der Waals surface area contributed by atoms with E-state index < -0.39 is 27.9 Å². The zero-order valence-corrected chi connectivity index (χ0v) is 10.3. The van der Waals surface area contributed by atoms with Crippen LogP contribution >= 0.6 is 23.2 Å². The molecule has 1 nitrogen and oxygen atoms in total. The molecular weight excluding hydrogens is 257 g/mol. The number of hydrogen-bond donors (Lipinski definition) is 0. The molecule has 88 valence electrons. The lowest BCUT2D eigenvalue weighted by molar-refractivity contribution is 0.0861. The van der Waals surface area contributed by atoms with E-state index in [4.69, 9.17) is 23.2 Å². The van der Waals surface area contributed by atoms with Gasteiger partial charge in [-0.05, 0) is 12.1 Å². The summed E-state index contributed by atoms with van der Waals surface area (Å²) in [5, 5.41) is -0.611. The molecule has 1 aromatic rings. The predicted molar refractivity (Wildman–Crippen MR) is 60.2 cm³/mol. The highest BCUT2D eigenvalue weighted by Gasteiger charge is 2.28. The summed E-state index contributed by atoms with van der Waals surface area (Å²) in [5.41, 5.74) is -0.932. The number of carbonyl (C=O) groups excluding carboxylic acids is 1. The van der Waals surface area contributed by atoms with Crippen LogP contribution in [-0.4, -0.2) is 11.7 Å². The van der Waals surface area contributed by atoms with Crippen LogP contribution in [0.15, 0.2) is 12.1 Å². The van der Waals surface area contributed by atoms with Crippen LogP contribution in [0.5, 0.6) is 0 Å². The summed E-state index contributed by atoms with van der Waals surface area (Å²) in [6.45, 7) is 3.21. The lowest BCUT2D eigenvalue weighted by atomic mass is 9.86. The van der Waals surface area contributed by atoms with E-state index in [1.165, 1.54) is 0 Å². The quantitative estimate of drug-likeness (QED) is 0.458. The van der Waals surface area contributed by atoms with Crippen molar-refractivity contribution < 1.29 is 13.6 Å². The molecule has 0 aromatic heterocycles. The molecule has 0 radical (unpaired) electrons. The molecule has 0 atom stereocenters. The number of ketones is 1. The topological polar surface area (TPSA) is 17.1 Å². The first-order valence-electron chi connectivity index (χ1n) is 4.55. The van der Waals surface area contributed by atoms with Gasteiger partial charge in [-0.2, -0.15) is 0 Å². The van der Waals surface area contributed by atoms with Crippen molar-refractivity contribution in [2.75, 3.05) is 5.88 Å². The van der Waals surface area contributed by atoms with Gasteiger partial charge in [0.25, 0.3) is 0 Å². The molecule has 0 saturated heterocycles. The van der Waals surface area contributed by atoms with E-state index in [0.717, 1.165) is 12.1 Å². The van der Waals surface area contributed by atoms with Crippen molar-refractivity contribution >= 4 is 29.0 Å². The maximum absolute atomic E-state index is 13.1. The van der Waals surface area contributed by atoms with Gasteiger partial charge in [-0.15, -0.1) is 11.6 Å². The van der Waals surface area contributed by atoms with Crippen molar-refractivity contribution in [2.45, 2.75) is 13.8 Å². The third kappa shape index (κ3) is 2.53. The minimum atomic E-state index is -0.949. The van der Waals surface area contributed by atoms with Crippen LogP contribution in [0.1, 0.15) is 24.2 Å². The Bertz CT molecular complexity index is 407. The van der Waals surface area contributed by atoms with Gasteiger partial charge in [0.2, 0.25) is 0 Å². The number of Topliss-reactive ketones (excluding diaryl/α,β-unsaturated/α-hetero) is 1. The Hall–Kier alpha value is -0.670. The summed E-state index contributed by atoms with van der Waals surface area (Å²) in [4.78, 5) is 11.9. The molecule has 0 unspecified atom stereocenters. The first kappa shape index (κ1) is 13.4. The summed E-state index contributed by atoms with van der Waals surface area (Å²) in [6, 6.07) is 1.84. The molecule has 1 aromatic carbocycles. The normalized spacial score (nSPS) is 11.6. The second kappa shape index (κ2) is 4.68. The average Bonchev–Trinajstić information content (AvgIpc) is 2.24. The number of benzene rings is 1. The van der Waals surface area contributed by atoms with Gasteiger partial charge in [0.1, 0.15) is 16.7 Å². The standard InChI is InChI=1S/C11H10Cl2F2O/c1-11(2,5-12)10(16)6-3-7(14)9(13)8(15)4-6/h3-4H,5H2,1-2H3. The van der Waals surface area contributed by atoms with Gasteiger partial charge < -0.3 is 0 Å². The van der Waals surface area contributed by atoms with E-state index in [-0.39, 0.29) is 11.4 Å². The zero-order chi connectivity index (χ0) is 12.5. The van der Waals surface area contributed by atoms with E-state index in [0.29, 0.717) is 0 Å².